The highest BCUT2D eigenvalue weighted by Crippen LogP contribution is 2.48. The van der Waals surface area contributed by atoms with Crippen LogP contribution in [-0.2, 0) is 4.79 Å². The van der Waals surface area contributed by atoms with Crippen molar-refractivity contribution in [3.05, 3.63) is 11.1 Å². The number of nitrogens with one attached hydrogen (secondary N) is 1. The van der Waals surface area contributed by atoms with Crippen LogP contribution in [-0.4, -0.2) is 23.7 Å². The third-order valence-electron chi connectivity index (χ3n) is 5.11. The number of hydrogen-bond acceptors (Lipinski definition) is 2. The highest BCUT2D eigenvalue weighted by Gasteiger charge is 2.47. The van der Waals surface area contributed by atoms with Gasteiger partial charge in [0, 0.05) is 24.1 Å². The standard InChI is InChI=1S/C15H25NO2/c1-4-9(2)10(3)15(18)16-14-12-6-5-11(7-12)13(14)8-17/h11-14,17H,4-8H2,1-3H3,(H,16,18). The molecule has 3 heteroatoms. The van der Waals surface area contributed by atoms with Crippen LogP contribution in [0.2, 0.25) is 0 Å². The van der Waals surface area contributed by atoms with Crippen molar-refractivity contribution in [1.29, 1.82) is 0 Å². The number of fused-ring (bicyclic) bond motifs is 2. The van der Waals surface area contributed by atoms with Gasteiger partial charge in [-0.05, 0) is 51.4 Å². The van der Waals surface area contributed by atoms with E-state index in [-0.39, 0.29) is 24.5 Å². The van der Waals surface area contributed by atoms with E-state index in [1.54, 1.807) is 0 Å². The number of aliphatic hydroxyl groups is 1. The van der Waals surface area contributed by atoms with Crippen LogP contribution in [0.25, 0.3) is 0 Å². The largest absolute Gasteiger partial charge is 0.396 e. The normalized spacial score (nSPS) is 35.6. The predicted octanol–water partition coefficient (Wildman–Crippen LogP) is 2.26. The van der Waals surface area contributed by atoms with E-state index in [1.165, 1.54) is 19.3 Å². The second kappa shape index (κ2) is 5.43. The maximum Gasteiger partial charge on any atom is 0.247 e. The van der Waals surface area contributed by atoms with E-state index in [4.69, 9.17) is 0 Å². The topological polar surface area (TPSA) is 49.3 Å². The lowest BCUT2D eigenvalue weighted by Crippen LogP contribution is -2.45. The van der Waals surface area contributed by atoms with Crippen molar-refractivity contribution in [2.75, 3.05) is 6.61 Å². The predicted molar refractivity (Wildman–Crippen MR) is 72.0 cm³/mol. The average molecular weight is 251 g/mol. The van der Waals surface area contributed by atoms with Crippen LogP contribution in [0.5, 0.6) is 0 Å². The van der Waals surface area contributed by atoms with E-state index in [1.807, 2.05) is 13.8 Å². The first-order valence-electron chi connectivity index (χ1n) is 7.16. The summed E-state index contributed by atoms with van der Waals surface area (Å²) in [5.41, 5.74) is 1.99. The highest BCUT2D eigenvalue weighted by molar-refractivity contribution is 5.93. The van der Waals surface area contributed by atoms with Gasteiger partial charge in [0.25, 0.3) is 0 Å². The number of amides is 1. The number of aliphatic hydroxyl groups excluding tert-OH is 1. The average Bonchev–Trinajstić information content (AvgIpc) is 2.97. The summed E-state index contributed by atoms with van der Waals surface area (Å²) in [4.78, 5) is 12.2. The number of carbonyl (C=O) groups is 1. The zero-order chi connectivity index (χ0) is 13.3. The fourth-order valence-electron chi connectivity index (χ4n) is 3.62. The molecule has 2 aliphatic rings. The molecule has 1 amide bonds. The molecule has 4 unspecified atom stereocenters. The van der Waals surface area contributed by atoms with Gasteiger partial charge < -0.3 is 10.4 Å². The number of hydrogen-bond donors (Lipinski definition) is 2. The first kappa shape index (κ1) is 13.6. The Morgan fingerprint density at radius 2 is 1.94 bits per heavy atom. The van der Waals surface area contributed by atoms with Gasteiger partial charge in [0.15, 0.2) is 0 Å². The Labute approximate surface area is 110 Å². The monoisotopic (exact) mass is 251 g/mol. The SMILES string of the molecule is CCC(C)=C(C)C(=O)NC1C2CCC(C2)C1CO. The minimum Gasteiger partial charge on any atom is -0.396 e. The van der Waals surface area contributed by atoms with Crippen molar-refractivity contribution in [1.82, 2.24) is 5.32 Å². The molecule has 2 fully saturated rings. The molecular weight excluding hydrogens is 226 g/mol. The van der Waals surface area contributed by atoms with E-state index < -0.39 is 0 Å². The van der Waals surface area contributed by atoms with Crippen LogP contribution in [0.4, 0.5) is 0 Å². The summed E-state index contributed by atoms with van der Waals surface area (Å²) in [5.74, 6) is 1.56. The van der Waals surface area contributed by atoms with Crippen LogP contribution in [0, 0.1) is 17.8 Å². The van der Waals surface area contributed by atoms with Crippen molar-refractivity contribution < 1.29 is 9.90 Å². The van der Waals surface area contributed by atoms with Crippen LogP contribution in [0.15, 0.2) is 11.1 Å². The molecule has 3 nitrogen and oxygen atoms in total. The lowest BCUT2D eigenvalue weighted by molar-refractivity contribution is -0.119. The van der Waals surface area contributed by atoms with Gasteiger partial charge in [-0.25, -0.2) is 0 Å². The van der Waals surface area contributed by atoms with Gasteiger partial charge in [0.05, 0.1) is 0 Å². The van der Waals surface area contributed by atoms with Gasteiger partial charge in [-0.1, -0.05) is 12.5 Å². The molecule has 0 aromatic rings. The van der Waals surface area contributed by atoms with Gasteiger partial charge >= 0.3 is 0 Å². The summed E-state index contributed by atoms with van der Waals surface area (Å²) < 4.78 is 0. The molecule has 2 aliphatic carbocycles. The molecule has 0 heterocycles. The fraction of sp³-hybridized carbons (Fsp3) is 0.800. The van der Waals surface area contributed by atoms with E-state index in [2.05, 4.69) is 12.2 Å². The van der Waals surface area contributed by atoms with E-state index in [9.17, 15) is 9.90 Å². The van der Waals surface area contributed by atoms with Gasteiger partial charge in [-0.2, -0.15) is 0 Å². The lowest BCUT2D eigenvalue weighted by Gasteiger charge is -2.30. The quantitative estimate of drug-likeness (QED) is 0.753. The summed E-state index contributed by atoms with van der Waals surface area (Å²) in [6.45, 7) is 6.19. The third-order valence-corrected chi connectivity index (χ3v) is 5.11. The molecule has 0 aromatic carbocycles. The van der Waals surface area contributed by atoms with Gasteiger partial charge in [-0.3, -0.25) is 4.79 Å². The smallest absolute Gasteiger partial charge is 0.247 e. The summed E-state index contributed by atoms with van der Waals surface area (Å²) in [7, 11) is 0. The minimum absolute atomic E-state index is 0.0605. The highest BCUT2D eigenvalue weighted by atomic mass is 16.3. The maximum atomic E-state index is 12.2. The Hall–Kier alpha value is -0.830. The second-order valence-electron chi connectivity index (χ2n) is 5.94. The zero-order valence-electron chi connectivity index (χ0n) is 11.7. The molecule has 2 rings (SSSR count). The summed E-state index contributed by atoms with van der Waals surface area (Å²) >= 11 is 0. The number of carbonyl (C=O) groups excluding carboxylic acids is 1. The zero-order valence-corrected chi connectivity index (χ0v) is 11.7. The Morgan fingerprint density at radius 3 is 2.56 bits per heavy atom. The maximum absolute atomic E-state index is 12.2. The van der Waals surface area contributed by atoms with Crippen LogP contribution in [0.3, 0.4) is 0 Å². The molecule has 2 saturated carbocycles. The Morgan fingerprint density at radius 1 is 1.28 bits per heavy atom. The molecule has 0 aliphatic heterocycles. The molecule has 4 atom stereocenters. The van der Waals surface area contributed by atoms with Crippen molar-refractivity contribution in [2.24, 2.45) is 17.8 Å². The molecule has 102 valence electrons. The molecule has 0 aromatic heterocycles. The van der Waals surface area contributed by atoms with Crippen LogP contribution >= 0.6 is 0 Å². The van der Waals surface area contributed by atoms with Crippen molar-refractivity contribution in [3.63, 3.8) is 0 Å². The van der Waals surface area contributed by atoms with Crippen molar-refractivity contribution >= 4 is 5.91 Å². The fourth-order valence-corrected chi connectivity index (χ4v) is 3.62. The molecule has 2 N–H and O–H groups in total. The molecule has 0 spiro atoms. The molecule has 2 bridgehead atoms. The van der Waals surface area contributed by atoms with Crippen LogP contribution < -0.4 is 5.32 Å². The lowest BCUT2D eigenvalue weighted by atomic mass is 9.85. The van der Waals surface area contributed by atoms with E-state index in [0.29, 0.717) is 11.8 Å². The molecule has 18 heavy (non-hydrogen) atoms. The Bertz CT molecular complexity index is 362. The number of rotatable bonds is 4. The van der Waals surface area contributed by atoms with E-state index >= 15 is 0 Å². The van der Waals surface area contributed by atoms with Gasteiger partial charge in [0.1, 0.15) is 0 Å². The van der Waals surface area contributed by atoms with E-state index in [0.717, 1.165) is 17.6 Å². The molecule has 0 saturated heterocycles. The van der Waals surface area contributed by atoms with Crippen molar-refractivity contribution in [3.8, 4) is 0 Å². The first-order valence-corrected chi connectivity index (χ1v) is 7.16. The summed E-state index contributed by atoms with van der Waals surface area (Å²) in [6, 6.07) is 0.195. The molecular formula is C15H25NO2. The summed E-state index contributed by atoms with van der Waals surface area (Å²) in [5, 5.41) is 12.7. The second-order valence-corrected chi connectivity index (χ2v) is 5.94. The third kappa shape index (κ3) is 2.33. The minimum atomic E-state index is 0.0605. The number of allylic oxidation sites excluding steroid dienone is 1. The summed E-state index contributed by atoms with van der Waals surface area (Å²) in [6.07, 6.45) is 4.54. The van der Waals surface area contributed by atoms with Gasteiger partial charge in [-0.15, -0.1) is 0 Å². The van der Waals surface area contributed by atoms with Crippen molar-refractivity contribution in [2.45, 2.75) is 52.5 Å². The first-order chi connectivity index (χ1) is 8.58. The Kier molecular flexibility index (Phi) is 4.10. The Balaban J connectivity index is 2.03. The van der Waals surface area contributed by atoms with Gasteiger partial charge in [0.2, 0.25) is 5.91 Å². The molecule has 0 radical (unpaired) electrons. The van der Waals surface area contributed by atoms with Crippen LogP contribution in [0.1, 0.15) is 46.5 Å².